The number of hydrogen-bond donors (Lipinski definition) is 1. The largest absolute Gasteiger partial charge is 0.351 e. The molecule has 0 spiro atoms. The highest BCUT2D eigenvalue weighted by molar-refractivity contribution is 8.00. The van der Waals surface area contributed by atoms with E-state index < -0.39 is 4.92 Å². The Balaban J connectivity index is 1.40. The number of rotatable bonds is 8. The van der Waals surface area contributed by atoms with E-state index in [0.717, 1.165) is 17.0 Å². The zero-order chi connectivity index (χ0) is 19.1. The Labute approximate surface area is 163 Å². The Morgan fingerprint density at radius 1 is 1.04 bits per heavy atom. The molecule has 1 aliphatic heterocycles. The molecule has 1 N–H and O–H groups in total. The molecule has 6 nitrogen and oxygen atoms in total. The van der Waals surface area contributed by atoms with Gasteiger partial charge < -0.3 is 5.32 Å². The molecule has 1 aliphatic rings. The Morgan fingerprint density at radius 3 is 2.30 bits per heavy atom. The van der Waals surface area contributed by atoms with Gasteiger partial charge in [0.05, 0.1) is 10.7 Å². The third-order valence-corrected chi connectivity index (χ3v) is 5.55. The number of carbonyl (C=O) groups is 1. The second-order valence-electron chi connectivity index (χ2n) is 6.62. The molecule has 0 saturated carbocycles. The lowest BCUT2D eigenvalue weighted by molar-refractivity contribution is -0.384. The van der Waals surface area contributed by atoms with E-state index in [0.29, 0.717) is 6.54 Å². The van der Waals surface area contributed by atoms with Crippen LogP contribution in [0.1, 0.15) is 24.0 Å². The number of nitro groups is 1. The monoisotopic (exact) mass is 385 g/mol. The molecule has 1 fully saturated rings. The summed E-state index contributed by atoms with van der Waals surface area (Å²) in [6, 6.07) is 14.6. The fourth-order valence-electron chi connectivity index (χ4n) is 3.03. The highest BCUT2D eigenvalue weighted by Gasteiger charge is 2.11. The van der Waals surface area contributed by atoms with E-state index in [9.17, 15) is 14.9 Å². The van der Waals surface area contributed by atoms with Crippen molar-refractivity contribution >= 4 is 23.4 Å². The van der Waals surface area contributed by atoms with Gasteiger partial charge in [0, 0.05) is 30.1 Å². The van der Waals surface area contributed by atoms with Gasteiger partial charge >= 0.3 is 0 Å². The Hall–Kier alpha value is -2.38. The molecular weight excluding hydrogens is 362 g/mol. The quantitative estimate of drug-likeness (QED) is 0.427. The molecule has 2 aromatic rings. The van der Waals surface area contributed by atoms with Gasteiger partial charge in [-0.2, -0.15) is 0 Å². The number of amides is 1. The SMILES string of the molecule is O=C(CSc1ccc([N+](=O)[O-])cc1)NCc1ccc(CN2CCCC2)cc1. The third-order valence-electron chi connectivity index (χ3n) is 4.53. The molecular formula is C20H23N3O3S. The molecule has 0 bridgehead atoms. The number of benzene rings is 2. The maximum atomic E-state index is 12.0. The molecule has 7 heteroatoms. The minimum absolute atomic E-state index is 0.0528. The van der Waals surface area contributed by atoms with Crippen LogP contribution in [0.4, 0.5) is 5.69 Å². The molecule has 142 valence electrons. The minimum Gasteiger partial charge on any atom is -0.351 e. The topological polar surface area (TPSA) is 75.5 Å². The zero-order valence-corrected chi connectivity index (χ0v) is 15.9. The maximum Gasteiger partial charge on any atom is 0.269 e. The van der Waals surface area contributed by atoms with E-state index in [4.69, 9.17) is 0 Å². The summed E-state index contributed by atoms with van der Waals surface area (Å²) >= 11 is 1.36. The molecule has 0 aliphatic carbocycles. The maximum absolute atomic E-state index is 12.0. The Bertz CT molecular complexity index is 772. The summed E-state index contributed by atoms with van der Waals surface area (Å²) in [4.78, 5) is 25.5. The van der Waals surface area contributed by atoms with Crippen molar-refractivity contribution in [2.75, 3.05) is 18.8 Å². The lowest BCUT2D eigenvalue weighted by Gasteiger charge is -2.14. The molecule has 0 unspecified atom stereocenters. The number of thioether (sulfide) groups is 1. The summed E-state index contributed by atoms with van der Waals surface area (Å²) in [5.41, 5.74) is 2.44. The lowest BCUT2D eigenvalue weighted by Crippen LogP contribution is -2.24. The van der Waals surface area contributed by atoms with Crippen LogP contribution in [0.2, 0.25) is 0 Å². The van der Waals surface area contributed by atoms with Gasteiger partial charge in [0.1, 0.15) is 0 Å². The fourth-order valence-corrected chi connectivity index (χ4v) is 3.75. The van der Waals surface area contributed by atoms with Gasteiger partial charge in [-0.25, -0.2) is 0 Å². The van der Waals surface area contributed by atoms with Crippen LogP contribution in [0.3, 0.4) is 0 Å². The lowest BCUT2D eigenvalue weighted by atomic mass is 10.1. The van der Waals surface area contributed by atoms with Crippen LogP contribution in [0.15, 0.2) is 53.4 Å². The zero-order valence-electron chi connectivity index (χ0n) is 15.1. The van der Waals surface area contributed by atoms with Crippen molar-refractivity contribution in [3.05, 3.63) is 69.8 Å². The van der Waals surface area contributed by atoms with E-state index >= 15 is 0 Å². The first-order valence-electron chi connectivity index (χ1n) is 9.04. The molecule has 1 amide bonds. The van der Waals surface area contributed by atoms with Gasteiger partial charge in [-0.3, -0.25) is 19.8 Å². The minimum atomic E-state index is -0.433. The van der Waals surface area contributed by atoms with E-state index in [-0.39, 0.29) is 17.3 Å². The second-order valence-corrected chi connectivity index (χ2v) is 7.66. The standard InChI is InChI=1S/C20H23N3O3S/c24-20(15-27-19-9-7-18(8-10-19)23(25)26)21-13-16-3-5-17(6-4-16)14-22-11-1-2-12-22/h3-10H,1-2,11-15H2,(H,21,24). The van der Waals surface area contributed by atoms with Crippen LogP contribution in [0.5, 0.6) is 0 Å². The molecule has 27 heavy (non-hydrogen) atoms. The van der Waals surface area contributed by atoms with E-state index in [1.165, 1.54) is 55.4 Å². The third kappa shape index (κ3) is 6.08. The van der Waals surface area contributed by atoms with Crippen molar-refractivity contribution in [2.24, 2.45) is 0 Å². The summed E-state index contributed by atoms with van der Waals surface area (Å²) < 4.78 is 0. The highest BCUT2D eigenvalue weighted by Crippen LogP contribution is 2.21. The number of nitrogens with one attached hydrogen (secondary N) is 1. The molecule has 3 rings (SSSR count). The molecule has 2 aromatic carbocycles. The Kier molecular flexibility index (Phi) is 6.84. The van der Waals surface area contributed by atoms with Gasteiger partial charge in [-0.05, 0) is 49.2 Å². The first-order valence-corrected chi connectivity index (χ1v) is 10.0. The van der Waals surface area contributed by atoms with Crippen molar-refractivity contribution in [1.29, 1.82) is 0 Å². The van der Waals surface area contributed by atoms with Crippen LogP contribution in [-0.4, -0.2) is 34.6 Å². The van der Waals surface area contributed by atoms with Crippen molar-refractivity contribution in [2.45, 2.75) is 30.8 Å². The molecule has 1 saturated heterocycles. The van der Waals surface area contributed by atoms with Gasteiger partial charge in [-0.1, -0.05) is 24.3 Å². The first kappa shape index (κ1) is 19.4. The summed E-state index contributed by atoms with van der Waals surface area (Å²) in [6.07, 6.45) is 2.59. The second kappa shape index (κ2) is 9.53. The molecule has 0 atom stereocenters. The fraction of sp³-hybridized carbons (Fsp3) is 0.350. The van der Waals surface area contributed by atoms with Crippen molar-refractivity contribution in [1.82, 2.24) is 10.2 Å². The first-order chi connectivity index (χ1) is 13.1. The van der Waals surface area contributed by atoms with Crippen LogP contribution in [-0.2, 0) is 17.9 Å². The number of nitro benzene ring substituents is 1. The van der Waals surface area contributed by atoms with Gasteiger partial charge in [-0.15, -0.1) is 11.8 Å². The van der Waals surface area contributed by atoms with Crippen molar-refractivity contribution in [3.8, 4) is 0 Å². The van der Waals surface area contributed by atoms with Crippen molar-refractivity contribution in [3.63, 3.8) is 0 Å². The Morgan fingerprint density at radius 2 is 1.67 bits per heavy atom. The summed E-state index contributed by atoms with van der Waals surface area (Å²) in [7, 11) is 0. The summed E-state index contributed by atoms with van der Waals surface area (Å²) in [5, 5.41) is 13.6. The summed E-state index contributed by atoms with van der Waals surface area (Å²) in [6.45, 7) is 3.87. The smallest absolute Gasteiger partial charge is 0.269 e. The summed E-state index contributed by atoms with van der Waals surface area (Å²) in [5.74, 6) is 0.227. The highest BCUT2D eigenvalue weighted by atomic mass is 32.2. The van der Waals surface area contributed by atoms with Gasteiger partial charge in [0.15, 0.2) is 0 Å². The van der Waals surface area contributed by atoms with Crippen LogP contribution < -0.4 is 5.32 Å². The molecule has 0 radical (unpaired) electrons. The predicted molar refractivity (Wildman–Crippen MR) is 107 cm³/mol. The van der Waals surface area contributed by atoms with E-state index in [1.807, 2.05) is 0 Å². The van der Waals surface area contributed by atoms with Crippen LogP contribution in [0, 0.1) is 10.1 Å². The molecule has 1 heterocycles. The predicted octanol–water partition coefficient (Wildman–Crippen LogP) is 3.60. The number of non-ortho nitro benzene ring substituents is 1. The average molecular weight is 385 g/mol. The van der Waals surface area contributed by atoms with E-state index in [1.54, 1.807) is 12.1 Å². The number of hydrogen-bond acceptors (Lipinski definition) is 5. The van der Waals surface area contributed by atoms with E-state index in [2.05, 4.69) is 34.5 Å². The average Bonchev–Trinajstić information content (AvgIpc) is 3.19. The molecule has 0 aromatic heterocycles. The van der Waals surface area contributed by atoms with Gasteiger partial charge in [0.2, 0.25) is 5.91 Å². The van der Waals surface area contributed by atoms with Crippen molar-refractivity contribution < 1.29 is 9.72 Å². The number of carbonyl (C=O) groups excluding carboxylic acids is 1. The normalized spacial score (nSPS) is 14.2. The van der Waals surface area contributed by atoms with Crippen LogP contribution >= 0.6 is 11.8 Å². The van der Waals surface area contributed by atoms with Crippen LogP contribution in [0.25, 0.3) is 0 Å². The van der Waals surface area contributed by atoms with Gasteiger partial charge in [0.25, 0.3) is 5.69 Å². The number of nitrogens with zero attached hydrogens (tertiary/aromatic N) is 2. The number of likely N-dealkylation sites (tertiary alicyclic amines) is 1.